The van der Waals surface area contributed by atoms with Gasteiger partial charge in [-0.1, -0.05) is 26.8 Å². The van der Waals surface area contributed by atoms with Crippen molar-refractivity contribution in [3.05, 3.63) is 29.8 Å². The summed E-state index contributed by atoms with van der Waals surface area (Å²) in [4.78, 5) is 2.33. The van der Waals surface area contributed by atoms with Gasteiger partial charge < -0.3 is 9.64 Å². The van der Waals surface area contributed by atoms with Crippen molar-refractivity contribution in [1.29, 1.82) is 5.26 Å². The van der Waals surface area contributed by atoms with Crippen LogP contribution in [-0.2, 0) is 0 Å². The van der Waals surface area contributed by atoms with Gasteiger partial charge in [0, 0.05) is 13.1 Å². The van der Waals surface area contributed by atoms with E-state index in [0.717, 1.165) is 25.3 Å². The van der Waals surface area contributed by atoms with Gasteiger partial charge in [-0.25, -0.2) is 0 Å². The molecule has 19 heavy (non-hydrogen) atoms. The van der Waals surface area contributed by atoms with E-state index in [1.54, 1.807) is 12.1 Å². The minimum atomic E-state index is 0.330. The summed E-state index contributed by atoms with van der Waals surface area (Å²) in [5, 5.41) is 8.80. The summed E-state index contributed by atoms with van der Waals surface area (Å²) in [6.45, 7) is 9.52. The molecule has 1 aromatic carbocycles. The normalized spacial score (nSPS) is 11.4. The van der Waals surface area contributed by atoms with Crippen LogP contribution in [0.1, 0.15) is 32.8 Å². The van der Waals surface area contributed by atoms with Crippen LogP contribution in [0.2, 0.25) is 0 Å². The van der Waals surface area contributed by atoms with Crippen LogP contribution in [0, 0.1) is 16.7 Å². The second-order valence-electron chi connectivity index (χ2n) is 6.14. The van der Waals surface area contributed by atoms with E-state index in [4.69, 9.17) is 10.00 Å². The van der Waals surface area contributed by atoms with E-state index < -0.39 is 0 Å². The first-order chi connectivity index (χ1) is 8.90. The molecule has 0 aliphatic carbocycles. The molecular weight excluding hydrogens is 236 g/mol. The van der Waals surface area contributed by atoms with Crippen LogP contribution in [0.5, 0.6) is 5.75 Å². The third-order valence-electron chi connectivity index (χ3n) is 2.66. The predicted octanol–water partition coefficient (Wildman–Crippen LogP) is 3.31. The minimum Gasteiger partial charge on any atom is -0.494 e. The molecule has 0 unspecified atom stereocenters. The Kier molecular flexibility index (Phi) is 5.85. The number of nitrogens with zero attached hydrogens (tertiary/aromatic N) is 2. The Morgan fingerprint density at radius 3 is 2.68 bits per heavy atom. The van der Waals surface area contributed by atoms with Crippen molar-refractivity contribution >= 4 is 0 Å². The number of hydrogen-bond donors (Lipinski definition) is 0. The van der Waals surface area contributed by atoms with Gasteiger partial charge in [-0.2, -0.15) is 5.26 Å². The maximum atomic E-state index is 8.80. The first-order valence-corrected chi connectivity index (χ1v) is 6.72. The molecule has 0 aromatic heterocycles. The Labute approximate surface area is 116 Å². The lowest BCUT2D eigenvalue weighted by Crippen LogP contribution is -2.30. The Morgan fingerprint density at radius 1 is 1.32 bits per heavy atom. The highest BCUT2D eigenvalue weighted by molar-refractivity contribution is 5.36. The molecule has 0 fully saturated rings. The lowest BCUT2D eigenvalue weighted by molar-refractivity contribution is 0.207. The molecule has 0 aliphatic heterocycles. The maximum Gasteiger partial charge on any atom is 0.120 e. The zero-order valence-corrected chi connectivity index (χ0v) is 12.4. The molecule has 1 aromatic rings. The van der Waals surface area contributed by atoms with E-state index in [9.17, 15) is 0 Å². The summed E-state index contributed by atoms with van der Waals surface area (Å²) in [6.07, 6.45) is 0.989. The zero-order valence-electron chi connectivity index (χ0n) is 12.4. The van der Waals surface area contributed by atoms with Crippen LogP contribution in [0.4, 0.5) is 0 Å². The fraction of sp³-hybridized carbons (Fsp3) is 0.562. The summed E-state index contributed by atoms with van der Waals surface area (Å²) in [5.41, 5.74) is 0.971. The lowest BCUT2D eigenvalue weighted by atomic mass is 9.96. The van der Waals surface area contributed by atoms with E-state index in [0.29, 0.717) is 17.6 Å². The molecule has 0 saturated carbocycles. The fourth-order valence-corrected chi connectivity index (χ4v) is 2.07. The van der Waals surface area contributed by atoms with Crippen LogP contribution >= 0.6 is 0 Å². The van der Waals surface area contributed by atoms with Crippen LogP contribution in [0.3, 0.4) is 0 Å². The van der Waals surface area contributed by atoms with Crippen molar-refractivity contribution in [2.24, 2.45) is 5.41 Å². The van der Waals surface area contributed by atoms with E-state index in [2.05, 4.69) is 38.8 Å². The predicted molar refractivity (Wildman–Crippen MR) is 78.2 cm³/mol. The molecule has 0 N–H and O–H groups in total. The van der Waals surface area contributed by atoms with Crippen LogP contribution < -0.4 is 4.74 Å². The summed E-state index contributed by atoms with van der Waals surface area (Å²) >= 11 is 0. The van der Waals surface area contributed by atoms with Crippen LogP contribution in [0.15, 0.2) is 24.3 Å². The summed E-state index contributed by atoms with van der Waals surface area (Å²) < 4.78 is 5.65. The third-order valence-corrected chi connectivity index (χ3v) is 2.66. The van der Waals surface area contributed by atoms with Crippen LogP contribution in [-0.4, -0.2) is 31.6 Å². The van der Waals surface area contributed by atoms with Gasteiger partial charge >= 0.3 is 0 Å². The number of rotatable bonds is 6. The molecule has 1 rings (SSSR count). The average Bonchev–Trinajstić information content (AvgIpc) is 2.33. The monoisotopic (exact) mass is 260 g/mol. The first-order valence-electron chi connectivity index (χ1n) is 6.72. The van der Waals surface area contributed by atoms with Gasteiger partial charge in [-0.15, -0.1) is 0 Å². The third kappa shape index (κ3) is 6.83. The highest BCUT2D eigenvalue weighted by atomic mass is 16.5. The fourth-order valence-electron chi connectivity index (χ4n) is 2.07. The molecule has 0 aliphatic rings. The molecule has 0 heterocycles. The van der Waals surface area contributed by atoms with Gasteiger partial charge in [0.25, 0.3) is 0 Å². The van der Waals surface area contributed by atoms with Crippen molar-refractivity contribution in [3.8, 4) is 11.8 Å². The number of hydrogen-bond acceptors (Lipinski definition) is 3. The highest BCUT2D eigenvalue weighted by Crippen LogP contribution is 2.15. The highest BCUT2D eigenvalue weighted by Gasteiger charge is 2.12. The van der Waals surface area contributed by atoms with Gasteiger partial charge in [0.1, 0.15) is 5.75 Å². The lowest BCUT2D eigenvalue weighted by Gasteiger charge is -2.26. The number of nitriles is 1. The van der Waals surface area contributed by atoms with Gasteiger partial charge in [0.15, 0.2) is 0 Å². The van der Waals surface area contributed by atoms with E-state index in [-0.39, 0.29) is 0 Å². The second-order valence-corrected chi connectivity index (χ2v) is 6.14. The first kappa shape index (κ1) is 15.5. The van der Waals surface area contributed by atoms with Crippen molar-refractivity contribution in [3.63, 3.8) is 0 Å². The summed E-state index contributed by atoms with van der Waals surface area (Å²) in [7, 11) is 2.14. The number of benzene rings is 1. The van der Waals surface area contributed by atoms with Crippen molar-refractivity contribution < 1.29 is 4.74 Å². The maximum absolute atomic E-state index is 8.80. The van der Waals surface area contributed by atoms with E-state index in [1.807, 2.05) is 12.1 Å². The van der Waals surface area contributed by atoms with Gasteiger partial charge in [0.05, 0.1) is 18.2 Å². The van der Waals surface area contributed by atoms with Gasteiger partial charge in [-0.3, -0.25) is 0 Å². The van der Waals surface area contributed by atoms with Crippen LogP contribution in [0.25, 0.3) is 0 Å². The number of ether oxygens (including phenoxy) is 1. The Morgan fingerprint density at radius 2 is 2.05 bits per heavy atom. The van der Waals surface area contributed by atoms with E-state index >= 15 is 0 Å². The van der Waals surface area contributed by atoms with Crippen molar-refractivity contribution in [1.82, 2.24) is 4.90 Å². The average molecular weight is 260 g/mol. The molecule has 3 heteroatoms. The van der Waals surface area contributed by atoms with Crippen molar-refractivity contribution in [2.75, 3.05) is 26.7 Å². The molecule has 0 radical (unpaired) electrons. The molecule has 0 atom stereocenters. The smallest absolute Gasteiger partial charge is 0.120 e. The molecular formula is C16H24N2O. The zero-order chi connectivity index (χ0) is 14.3. The largest absolute Gasteiger partial charge is 0.494 e. The molecule has 3 nitrogen and oxygen atoms in total. The topological polar surface area (TPSA) is 36.3 Å². The SMILES string of the molecule is CN(CCCOc1cccc(C#N)c1)CC(C)(C)C. The summed E-state index contributed by atoms with van der Waals surface area (Å²) in [6, 6.07) is 9.41. The Hall–Kier alpha value is -1.53. The molecule has 0 bridgehead atoms. The minimum absolute atomic E-state index is 0.330. The quantitative estimate of drug-likeness (QED) is 0.736. The van der Waals surface area contributed by atoms with E-state index in [1.165, 1.54) is 0 Å². The molecule has 0 spiro atoms. The molecule has 104 valence electrons. The van der Waals surface area contributed by atoms with Gasteiger partial charge in [-0.05, 0) is 37.1 Å². The Bertz CT molecular complexity index is 429. The second kappa shape index (κ2) is 7.16. The Balaban J connectivity index is 2.25. The summed E-state index contributed by atoms with van der Waals surface area (Å²) in [5.74, 6) is 0.775. The molecule has 0 saturated heterocycles. The van der Waals surface area contributed by atoms with Crippen molar-refractivity contribution in [2.45, 2.75) is 27.2 Å². The molecule has 0 amide bonds. The van der Waals surface area contributed by atoms with Gasteiger partial charge in [0.2, 0.25) is 0 Å². The standard InChI is InChI=1S/C16H24N2O/c1-16(2,3)13-18(4)9-6-10-19-15-8-5-7-14(11-15)12-17/h5,7-8,11H,6,9-10,13H2,1-4H3.